The number of nitrogens with zero attached hydrogens (tertiary/aromatic N) is 3. The van der Waals surface area contributed by atoms with Crippen LogP contribution in [0, 0.1) is 5.82 Å². The van der Waals surface area contributed by atoms with E-state index in [-0.39, 0.29) is 42.0 Å². The Morgan fingerprint density at radius 2 is 1.89 bits per heavy atom. The number of aromatic nitrogens is 2. The number of rotatable bonds is 9. The van der Waals surface area contributed by atoms with Crippen molar-refractivity contribution in [2.24, 2.45) is 5.73 Å². The summed E-state index contributed by atoms with van der Waals surface area (Å²) in [7, 11) is 0. The van der Waals surface area contributed by atoms with Crippen molar-refractivity contribution >= 4 is 46.3 Å². The number of nitrogens with one attached hydrogen (secondary N) is 2. The fraction of sp³-hybridized carbons (Fsp3) is 0.292. The van der Waals surface area contributed by atoms with Crippen molar-refractivity contribution in [3.05, 3.63) is 64.6 Å². The number of amides is 4. The summed E-state index contributed by atoms with van der Waals surface area (Å²) in [6.07, 6.45) is -0.536. The van der Waals surface area contributed by atoms with Gasteiger partial charge in [-0.3, -0.25) is 19.1 Å². The molecule has 1 fully saturated rings. The van der Waals surface area contributed by atoms with E-state index < -0.39 is 35.7 Å². The van der Waals surface area contributed by atoms with E-state index in [0.717, 1.165) is 0 Å². The molecule has 5 N–H and O–H groups in total. The Morgan fingerprint density at radius 3 is 2.59 bits per heavy atom. The summed E-state index contributed by atoms with van der Waals surface area (Å²) in [5, 5.41) is 18.5. The minimum absolute atomic E-state index is 0.0191. The van der Waals surface area contributed by atoms with Crippen molar-refractivity contribution in [2.45, 2.75) is 38.0 Å². The summed E-state index contributed by atoms with van der Waals surface area (Å²) in [5.74, 6) is -2.39. The number of para-hydroxylation sites is 1. The second kappa shape index (κ2) is 10.8. The first-order valence-corrected chi connectivity index (χ1v) is 11.8. The molecule has 0 aliphatic heterocycles. The van der Waals surface area contributed by atoms with Crippen LogP contribution in [0.3, 0.4) is 0 Å². The molecule has 1 aliphatic carbocycles. The third kappa shape index (κ3) is 5.80. The van der Waals surface area contributed by atoms with Gasteiger partial charge in [0.15, 0.2) is 5.69 Å². The molecule has 0 radical (unpaired) electrons. The molecule has 0 spiro atoms. The molecule has 2 aromatic carbocycles. The quantitative estimate of drug-likeness (QED) is 0.330. The Balaban J connectivity index is 1.50. The predicted octanol–water partition coefficient (Wildman–Crippen LogP) is 1.87. The number of halogens is 2. The van der Waals surface area contributed by atoms with E-state index in [1.54, 1.807) is 30.3 Å². The lowest BCUT2D eigenvalue weighted by atomic mass is 9.85. The van der Waals surface area contributed by atoms with Crippen LogP contribution in [-0.4, -0.2) is 62.2 Å². The first kappa shape index (κ1) is 25.9. The summed E-state index contributed by atoms with van der Waals surface area (Å²) < 4.78 is 15.5. The van der Waals surface area contributed by atoms with Gasteiger partial charge in [-0.1, -0.05) is 41.9 Å². The van der Waals surface area contributed by atoms with Gasteiger partial charge in [0.05, 0.1) is 17.1 Å². The smallest absolute Gasteiger partial charge is 0.404 e. The third-order valence-electron chi connectivity index (χ3n) is 6.20. The molecule has 3 aromatic rings. The van der Waals surface area contributed by atoms with E-state index in [1.165, 1.54) is 21.7 Å². The van der Waals surface area contributed by atoms with E-state index in [9.17, 15) is 23.6 Å². The summed E-state index contributed by atoms with van der Waals surface area (Å²) in [5.41, 5.74) is 6.16. The number of hydrogen-bond acceptors (Lipinski definition) is 5. The second-order valence-electron chi connectivity index (χ2n) is 8.67. The van der Waals surface area contributed by atoms with Crippen molar-refractivity contribution in [1.82, 2.24) is 25.3 Å². The van der Waals surface area contributed by atoms with Gasteiger partial charge in [0, 0.05) is 29.6 Å². The van der Waals surface area contributed by atoms with Gasteiger partial charge in [-0.05, 0) is 25.0 Å². The van der Waals surface area contributed by atoms with Crippen molar-refractivity contribution in [3.8, 4) is 0 Å². The highest BCUT2D eigenvalue weighted by Crippen LogP contribution is 2.27. The molecule has 4 rings (SSSR count). The van der Waals surface area contributed by atoms with Crippen LogP contribution in [0.5, 0.6) is 0 Å². The molecule has 1 saturated carbocycles. The molecule has 4 amide bonds. The Morgan fingerprint density at radius 1 is 1.16 bits per heavy atom. The monoisotopic (exact) mass is 530 g/mol. The number of fused-ring (bicyclic) bond motifs is 1. The first-order valence-electron chi connectivity index (χ1n) is 11.4. The zero-order valence-electron chi connectivity index (χ0n) is 19.5. The first-order chi connectivity index (χ1) is 17.6. The molecule has 13 heteroatoms. The maximum atomic E-state index is 14.2. The van der Waals surface area contributed by atoms with Gasteiger partial charge >= 0.3 is 6.09 Å². The van der Waals surface area contributed by atoms with Gasteiger partial charge in [0.25, 0.3) is 5.91 Å². The van der Waals surface area contributed by atoms with Gasteiger partial charge < -0.3 is 26.4 Å². The predicted molar refractivity (Wildman–Crippen MR) is 131 cm³/mol. The Kier molecular flexibility index (Phi) is 7.58. The summed E-state index contributed by atoms with van der Waals surface area (Å²) in [6, 6.07) is 10.5. The molecule has 1 aliphatic rings. The van der Waals surface area contributed by atoms with Crippen LogP contribution in [0.4, 0.5) is 9.18 Å². The highest BCUT2D eigenvalue weighted by Gasteiger charge is 2.38. The number of nitrogens with two attached hydrogens (primary N) is 1. The average Bonchev–Trinajstić information content (AvgIpc) is 3.19. The maximum Gasteiger partial charge on any atom is 0.404 e. The van der Waals surface area contributed by atoms with Crippen LogP contribution in [0.1, 0.15) is 28.9 Å². The van der Waals surface area contributed by atoms with Crippen LogP contribution in [-0.2, 0) is 22.7 Å². The van der Waals surface area contributed by atoms with Gasteiger partial charge in [-0.25, -0.2) is 9.18 Å². The molecule has 11 nitrogen and oxygen atoms in total. The van der Waals surface area contributed by atoms with E-state index in [0.29, 0.717) is 23.7 Å². The van der Waals surface area contributed by atoms with Crippen molar-refractivity contribution in [3.63, 3.8) is 0 Å². The number of carbonyl (C=O) groups is 4. The van der Waals surface area contributed by atoms with Crippen LogP contribution < -0.4 is 16.4 Å². The lowest BCUT2D eigenvalue weighted by molar-refractivity contribution is -0.141. The van der Waals surface area contributed by atoms with Gasteiger partial charge in [-0.2, -0.15) is 5.10 Å². The second-order valence-corrected chi connectivity index (χ2v) is 9.08. The fourth-order valence-corrected chi connectivity index (χ4v) is 4.49. The van der Waals surface area contributed by atoms with Crippen LogP contribution in [0.15, 0.2) is 42.5 Å². The molecular formula is C24H24ClFN6O5. The fourth-order valence-electron chi connectivity index (χ4n) is 4.29. The topological polar surface area (TPSA) is 160 Å². The minimum Gasteiger partial charge on any atom is -0.465 e. The molecule has 194 valence electrons. The molecule has 0 atom stereocenters. The highest BCUT2D eigenvalue weighted by atomic mass is 35.5. The molecular weight excluding hydrogens is 507 g/mol. The van der Waals surface area contributed by atoms with E-state index in [2.05, 4.69) is 15.7 Å². The van der Waals surface area contributed by atoms with Crippen molar-refractivity contribution < 1.29 is 28.7 Å². The number of carboxylic acid groups (broad SMARTS) is 1. The molecule has 0 unspecified atom stereocenters. The van der Waals surface area contributed by atoms with E-state index in [1.807, 2.05) is 0 Å². The number of carbonyl (C=O) groups excluding carboxylic acids is 3. The average molecular weight is 531 g/mol. The van der Waals surface area contributed by atoms with Crippen molar-refractivity contribution in [2.75, 3.05) is 6.54 Å². The highest BCUT2D eigenvalue weighted by molar-refractivity contribution is 6.30. The Labute approximate surface area is 215 Å². The van der Waals surface area contributed by atoms with Crippen LogP contribution >= 0.6 is 11.6 Å². The lowest BCUT2D eigenvalue weighted by Crippen LogP contribution is -2.57. The number of primary amides is 1. The summed E-state index contributed by atoms with van der Waals surface area (Å²) in [4.78, 5) is 50.2. The molecule has 1 heterocycles. The van der Waals surface area contributed by atoms with E-state index >= 15 is 0 Å². The van der Waals surface area contributed by atoms with E-state index in [4.69, 9.17) is 22.4 Å². The van der Waals surface area contributed by atoms with Crippen molar-refractivity contribution in [1.29, 1.82) is 0 Å². The number of benzene rings is 2. The van der Waals surface area contributed by atoms with Gasteiger partial charge in [0.2, 0.25) is 11.8 Å². The Bertz CT molecular complexity index is 1370. The maximum absolute atomic E-state index is 14.2. The summed E-state index contributed by atoms with van der Waals surface area (Å²) in [6.45, 7) is -0.752. The SMILES string of the molecule is NC(=O)c1nn(CC(=O)N(CC(=O)NCc2cccc(Cl)c2F)[C@H]2C[C@@H](NC(=O)O)C2)c2ccccc12. The molecule has 0 saturated heterocycles. The van der Waals surface area contributed by atoms with Crippen LogP contribution in [0.2, 0.25) is 5.02 Å². The molecule has 37 heavy (non-hydrogen) atoms. The van der Waals surface area contributed by atoms with Gasteiger partial charge in [-0.15, -0.1) is 0 Å². The standard InChI is InChI=1S/C24H24ClFN6O5/c25-17-6-3-4-13(21(17)26)10-28-19(33)11-31(15-8-14(9-15)29-24(36)37)20(34)12-32-18-7-2-1-5-16(18)22(30-32)23(27)35/h1-7,14-15,29H,8-12H2,(H2,27,35)(H,28,33)(H,36,37)/t14-,15+. The normalized spacial score (nSPS) is 16.6. The largest absolute Gasteiger partial charge is 0.465 e. The summed E-state index contributed by atoms with van der Waals surface area (Å²) >= 11 is 5.79. The van der Waals surface area contributed by atoms with Gasteiger partial charge in [0.1, 0.15) is 12.4 Å². The zero-order chi connectivity index (χ0) is 26.7. The lowest BCUT2D eigenvalue weighted by Gasteiger charge is -2.42. The Hall–Kier alpha value is -4.19. The zero-order valence-corrected chi connectivity index (χ0v) is 20.2. The third-order valence-corrected chi connectivity index (χ3v) is 6.49. The molecule has 1 aromatic heterocycles. The number of hydrogen-bond donors (Lipinski definition) is 4. The minimum atomic E-state index is -1.18. The van der Waals surface area contributed by atoms with Crippen LogP contribution in [0.25, 0.3) is 10.9 Å². The molecule has 0 bridgehead atoms.